The van der Waals surface area contributed by atoms with Crippen LogP contribution in [0, 0.1) is 11.8 Å². The van der Waals surface area contributed by atoms with Crippen molar-refractivity contribution in [3.63, 3.8) is 0 Å². The normalized spacial score (nSPS) is 22.3. The second-order valence-corrected chi connectivity index (χ2v) is 5.38. The highest BCUT2D eigenvalue weighted by atomic mass is 16.3. The Morgan fingerprint density at radius 2 is 2.15 bits per heavy atom. The minimum Gasteiger partial charge on any atom is -0.396 e. The summed E-state index contributed by atoms with van der Waals surface area (Å²) in [5.41, 5.74) is 1.32. The van der Waals surface area contributed by atoms with Crippen LogP contribution in [0.15, 0.2) is 18.3 Å². The number of amides is 1. The van der Waals surface area contributed by atoms with Gasteiger partial charge in [0.25, 0.3) is 5.91 Å². The molecule has 1 fully saturated rings. The average molecular weight is 277 g/mol. The summed E-state index contributed by atoms with van der Waals surface area (Å²) in [5, 5.41) is 15.4. The van der Waals surface area contributed by atoms with Gasteiger partial charge in [0.1, 0.15) is 5.69 Å². The van der Waals surface area contributed by atoms with E-state index in [1.807, 2.05) is 6.07 Å². The van der Waals surface area contributed by atoms with Crippen molar-refractivity contribution < 1.29 is 9.90 Å². The number of aliphatic hydroxyl groups is 1. The molecule has 0 radical (unpaired) electrons. The van der Waals surface area contributed by atoms with Gasteiger partial charge in [-0.1, -0.05) is 12.8 Å². The van der Waals surface area contributed by atoms with Crippen LogP contribution in [0.1, 0.15) is 36.2 Å². The minimum absolute atomic E-state index is 0.181. The third-order valence-corrected chi connectivity index (χ3v) is 4.09. The van der Waals surface area contributed by atoms with Crippen LogP contribution in [-0.2, 0) is 0 Å². The first kappa shape index (κ1) is 14.8. The Hall–Kier alpha value is -1.62. The molecule has 1 aliphatic rings. The van der Waals surface area contributed by atoms with Crippen molar-refractivity contribution in [2.75, 3.05) is 25.5 Å². The van der Waals surface area contributed by atoms with Gasteiger partial charge in [-0.3, -0.25) is 9.78 Å². The zero-order valence-electron chi connectivity index (χ0n) is 11.9. The minimum atomic E-state index is -0.181. The molecule has 1 saturated carbocycles. The van der Waals surface area contributed by atoms with Crippen LogP contribution in [0.25, 0.3) is 0 Å². The summed E-state index contributed by atoms with van der Waals surface area (Å²) in [6.07, 6.45) is 6.37. The van der Waals surface area contributed by atoms with Gasteiger partial charge in [-0.25, -0.2) is 0 Å². The Labute approximate surface area is 119 Å². The molecule has 2 rings (SSSR count). The van der Waals surface area contributed by atoms with E-state index >= 15 is 0 Å². The summed E-state index contributed by atoms with van der Waals surface area (Å²) >= 11 is 0. The molecule has 0 saturated heterocycles. The number of nitrogens with zero attached hydrogens (tertiary/aromatic N) is 1. The lowest BCUT2D eigenvalue weighted by atomic mass is 9.79. The molecule has 1 amide bonds. The predicted molar refractivity (Wildman–Crippen MR) is 78.7 cm³/mol. The van der Waals surface area contributed by atoms with Crippen LogP contribution >= 0.6 is 0 Å². The van der Waals surface area contributed by atoms with E-state index in [0.29, 0.717) is 17.5 Å². The number of pyridine rings is 1. The molecule has 5 nitrogen and oxygen atoms in total. The van der Waals surface area contributed by atoms with Crippen LogP contribution in [0.5, 0.6) is 0 Å². The number of carbonyl (C=O) groups is 1. The molecular weight excluding hydrogens is 254 g/mol. The summed E-state index contributed by atoms with van der Waals surface area (Å²) in [5.74, 6) is 0.724. The molecule has 20 heavy (non-hydrogen) atoms. The van der Waals surface area contributed by atoms with Gasteiger partial charge in [0.05, 0.1) is 0 Å². The molecular formula is C15H23N3O2. The molecule has 1 aromatic rings. The summed E-state index contributed by atoms with van der Waals surface area (Å²) in [4.78, 5) is 15.6. The van der Waals surface area contributed by atoms with Crippen LogP contribution in [0.3, 0.4) is 0 Å². The third-order valence-electron chi connectivity index (χ3n) is 4.09. The summed E-state index contributed by atoms with van der Waals surface area (Å²) in [7, 11) is 1.60. The third kappa shape index (κ3) is 3.70. The highest BCUT2D eigenvalue weighted by molar-refractivity contribution is 5.92. The zero-order valence-corrected chi connectivity index (χ0v) is 11.9. The lowest BCUT2D eigenvalue weighted by Crippen LogP contribution is -2.28. The zero-order chi connectivity index (χ0) is 14.4. The second kappa shape index (κ2) is 7.24. The van der Waals surface area contributed by atoms with E-state index in [9.17, 15) is 9.90 Å². The molecule has 1 aliphatic carbocycles. The van der Waals surface area contributed by atoms with Crippen LogP contribution in [-0.4, -0.2) is 36.2 Å². The fraction of sp³-hybridized carbons (Fsp3) is 0.600. The highest BCUT2D eigenvalue weighted by Gasteiger charge is 2.24. The standard InChI is InChI=1S/C15H23N3O2/c1-16-15(20)14-8-13(6-7-17-14)18-9-11-4-2-3-5-12(11)10-19/h6-8,11-12,19H,2-5,9-10H2,1H3,(H,16,20)(H,17,18). The van der Waals surface area contributed by atoms with Crippen molar-refractivity contribution in [3.8, 4) is 0 Å². The number of aliphatic hydroxyl groups excluding tert-OH is 1. The summed E-state index contributed by atoms with van der Waals surface area (Å²) in [6.45, 7) is 1.11. The Kier molecular flexibility index (Phi) is 5.35. The van der Waals surface area contributed by atoms with Crippen LogP contribution in [0.2, 0.25) is 0 Å². The maximum Gasteiger partial charge on any atom is 0.269 e. The van der Waals surface area contributed by atoms with E-state index in [0.717, 1.165) is 25.1 Å². The number of hydrogen-bond acceptors (Lipinski definition) is 4. The summed E-state index contributed by atoms with van der Waals surface area (Å²) in [6, 6.07) is 3.62. The first-order chi connectivity index (χ1) is 9.74. The lowest BCUT2D eigenvalue weighted by molar-refractivity contribution is 0.0958. The average Bonchev–Trinajstić information content (AvgIpc) is 2.52. The van der Waals surface area contributed by atoms with Gasteiger partial charge in [0, 0.05) is 32.1 Å². The van der Waals surface area contributed by atoms with Crippen molar-refractivity contribution in [1.82, 2.24) is 10.3 Å². The number of hydrogen-bond donors (Lipinski definition) is 3. The van der Waals surface area contributed by atoms with Crippen LogP contribution < -0.4 is 10.6 Å². The monoisotopic (exact) mass is 277 g/mol. The van der Waals surface area contributed by atoms with E-state index in [2.05, 4.69) is 15.6 Å². The van der Waals surface area contributed by atoms with Gasteiger partial charge in [0.15, 0.2) is 0 Å². The fourth-order valence-corrected chi connectivity index (χ4v) is 2.84. The van der Waals surface area contributed by atoms with E-state index in [1.54, 1.807) is 19.3 Å². The van der Waals surface area contributed by atoms with Gasteiger partial charge in [-0.15, -0.1) is 0 Å². The second-order valence-electron chi connectivity index (χ2n) is 5.38. The van der Waals surface area contributed by atoms with Crippen molar-refractivity contribution in [2.45, 2.75) is 25.7 Å². The van der Waals surface area contributed by atoms with Gasteiger partial charge >= 0.3 is 0 Å². The maximum absolute atomic E-state index is 11.5. The van der Waals surface area contributed by atoms with Gasteiger partial charge < -0.3 is 15.7 Å². The topological polar surface area (TPSA) is 74.2 Å². The Morgan fingerprint density at radius 1 is 1.40 bits per heavy atom. The number of rotatable bonds is 5. The molecule has 5 heteroatoms. The molecule has 1 aromatic heterocycles. The fourth-order valence-electron chi connectivity index (χ4n) is 2.84. The number of nitrogens with one attached hydrogen (secondary N) is 2. The lowest BCUT2D eigenvalue weighted by Gasteiger charge is -2.30. The van der Waals surface area contributed by atoms with Crippen molar-refractivity contribution in [1.29, 1.82) is 0 Å². The molecule has 0 bridgehead atoms. The van der Waals surface area contributed by atoms with Crippen molar-refractivity contribution in [2.24, 2.45) is 11.8 Å². The van der Waals surface area contributed by atoms with E-state index in [1.165, 1.54) is 12.8 Å². The first-order valence-corrected chi connectivity index (χ1v) is 7.27. The number of carbonyl (C=O) groups excluding carboxylic acids is 1. The number of anilines is 1. The van der Waals surface area contributed by atoms with E-state index in [4.69, 9.17) is 0 Å². The molecule has 2 unspecified atom stereocenters. The Balaban J connectivity index is 1.94. The largest absolute Gasteiger partial charge is 0.396 e. The van der Waals surface area contributed by atoms with Gasteiger partial charge in [-0.2, -0.15) is 0 Å². The van der Waals surface area contributed by atoms with Crippen molar-refractivity contribution >= 4 is 11.6 Å². The molecule has 3 N–H and O–H groups in total. The summed E-state index contributed by atoms with van der Waals surface area (Å²) < 4.78 is 0. The predicted octanol–water partition coefficient (Wildman–Crippen LogP) is 1.65. The smallest absolute Gasteiger partial charge is 0.269 e. The van der Waals surface area contributed by atoms with E-state index < -0.39 is 0 Å². The molecule has 2 atom stereocenters. The maximum atomic E-state index is 11.5. The number of aromatic nitrogens is 1. The first-order valence-electron chi connectivity index (χ1n) is 7.27. The highest BCUT2D eigenvalue weighted by Crippen LogP contribution is 2.29. The molecule has 0 spiro atoms. The Bertz CT molecular complexity index is 450. The molecule has 0 aromatic carbocycles. The van der Waals surface area contributed by atoms with Crippen molar-refractivity contribution in [3.05, 3.63) is 24.0 Å². The SMILES string of the molecule is CNC(=O)c1cc(NCC2CCCCC2CO)ccn1. The quantitative estimate of drug-likeness (QED) is 0.765. The molecule has 110 valence electrons. The Morgan fingerprint density at radius 3 is 2.85 bits per heavy atom. The van der Waals surface area contributed by atoms with Crippen LogP contribution in [0.4, 0.5) is 5.69 Å². The molecule has 0 aliphatic heterocycles. The van der Waals surface area contributed by atoms with Gasteiger partial charge in [0.2, 0.25) is 0 Å². The molecule has 1 heterocycles. The van der Waals surface area contributed by atoms with Gasteiger partial charge in [-0.05, 0) is 36.8 Å². The van der Waals surface area contributed by atoms with E-state index in [-0.39, 0.29) is 12.5 Å².